The summed E-state index contributed by atoms with van der Waals surface area (Å²) in [6.45, 7) is 4.89. The van der Waals surface area contributed by atoms with Gasteiger partial charge in [-0.15, -0.1) is 11.3 Å². The van der Waals surface area contributed by atoms with E-state index in [0.29, 0.717) is 18.5 Å². The van der Waals surface area contributed by atoms with Crippen LogP contribution in [0.3, 0.4) is 0 Å². The molecule has 1 atom stereocenters. The Morgan fingerprint density at radius 2 is 2.42 bits per heavy atom. The maximum atomic E-state index is 5.47. The smallest absolute Gasteiger partial charge is 0.234 e. The summed E-state index contributed by atoms with van der Waals surface area (Å²) in [7, 11) is 0. The SMILES string of the molecule is CC(C)NCc1noc(C2CCCc3sccc32)n1. The molecule has 0 saturated heterocycles. The average molecular weight is 277 g/mol. The summed E-state index contributed by atoms with van der Waals surface area (Å²) < 4.78 is 5.47. The van der Waals surface area contributed by atoms with Gasteiger partial charge in [0, 0.05) is 10.9 Å². The fourth-order valence-corrected chi connectivity index (χ4v) is 3.51. The molecule has 0 spiro atoms. The van der Waals surface area contributed by atoms with Crippen molar-refractivity contribution >= 4 is 11.3 Å². The van der Waals surface area contributed by atoms with Crippen LogP contribution in [0.1, 0.15) is 54.8 Å². The molecule has 1 unspecified atom stereocenters. The number of rotatable bonds is 4. The quantitative estimate of drug-likeness (QED) is 0.933. The standard InChI is InChI=1S/C14H19N3OS/c1-9(2)15-8-13-16-14(18-17-13)11-4-3-5-12-10(11)6-7-19-12/h6-7,9,11,15H,3-5,8H2,1-2H3. The number of hydrogen-bond acceptors (Lipinski definition) is 5. The van der Waals surface area contributed by atoms with Crippen LogP contribution in [-0.2, 0) is 13.0 Å². The third-order valence-electron chi connectivity index (χ3n) is 3.50. The Balaban J connectivity index is 1.77. The summed E-state index contributed by atoms with van der Waals surface area (Å²) in [5.74, 6) is 1.83. The Labute approximate surface area is 117 Å². The fraction of sp³-hybridized carbons (Fsp3) is 0.571. The van der Waals surface area contributed by atoms with Gasteiger partial charge < -0.3 is 9.84 Å². The minimum Gasteiger partial charge on any atom is -0.339 e. The Bertz CT molecular complexity index is 546. The first kappa shape index (κ1) is 12.8. The molecule has 2 aromatic rings. The molecule has 0 radical (unpaired) electrons. The molecule has 4 nitrogen and oxygen atoms in total. The van der Waals surface area contributed by atoms with Gasteiger partial charge in [-0.3, -0.25) is 0 Å². The van der Waals surface area contributed by atoms with Crippen LogP contribution in [0.2, 0.25) is 0 Å². The molecule has 0 fully saturated rings. The number of fused-ring (bicyclic) bond motifs is 1. The minimum absolute atomic E-state index is 0.301. The van der Waals surface area contributed by atoms with Crippen LogP contribution in [0.4, 0.5) is 0 Å². The molecule has 1 N–H and O–H groups in total. The molecule has 3 rings (SSSR count). The lowest BCUT2D eigenvalue weighted by molar-refractivity contribution is 0.349. The average Bonchev–Trinajstić information content (AvgIpc) is 3.04. The van der Waals surface area contributed by atoms with Gasteiger partial charge in [0.2, 0.25) is 5.89 Å². The van der Waals surface area contributed by atoms with Gasteiger partial charge in [-0.25, -0.2) is 0 Å². The van der Waals surface area contributed by atoms with E-state index < -0.39 is 0 Å². The van der Waals surface area contributed by atoms with E-state index in [1.165, 1.54) is 23.3 Å². The first-order chi connectivity index (χ1) is 9.24. The number of nitrogens with one attached hydrogen (secondary N) is 1. The van der Waals surface area contributed by atoms with E-state index in [4.69, 9.17) is 4.52 Å². The van der Waals surface area contributed by atoms with Crippen LogP contribution < -0.4 is 5.32 Å². The van der Waals surface area contributed by atoms with Crippen molar-refractivity contribution in [1.29, 1.82) is 0 Å². The number of hydrogen-bond donors (Lipinski definition) is 1. The second-order valence-electron chi connectivity index (χ2n) is 5.33. The lowest BCUT2D eigenvalue weighted by atomic mass is 9.88. The molecule has 0 saturated carbocycles. The van der Waals surface area contributed by atoms with E-state index in [-0.39, 0.29) is 0 Å². The zero-order chi connectivity index (χ0) is 13.2. The molecule has 2 aromatic heterocycles. The number of aromatic nitrogens is 2. The van der Waals surface area contributed by atoms with Crippen LogP contribution in [0.15, 0.2) is 16.0 Å². The lowest BCUT2D eigenvalue weighted by Crippen LogP contribution is -2.22. The van der Waals surface area contributed by atoms with Crippen molar-refractivity contribution in [3.8, 4) is 0 Å². The predicted octanol–water partition coefficient (Wildman–Crippen LogP) is 3.10. The van der Waals surface area contributed by atoms with Crippen molar-refractivity contribution in [2.45, 2.75) is 51.6 Å². The Kier molecular flexibility index (Phi) is 3.66. The van der Waals surface area contributed by atoms with Gasteiger partial charge in [0.05, 0.1) is 12.5 Å². The van der Waals surface area contributed by atoms with Crippen LogP contribution in [0, 0.1) is 0 Å². The molecular weight excluding hydrogens is 258 g/mol. The van der Waals surface area contributed by atoms with Crippen LogP contribution in [0.25, 0.3) is 0 Å². The topological polar surface area (TPSA) is 51.0 Å². The molecule has 0 aromatic carbocycles. The third-order valence-corrected chi connectivity index (χ3v) is 4.50. The largest absolute Gasteiger partial charge is 0.339 e. The second kappa shape index (κ2) is 5.43. The van der Waals surface area contributed by atoms with Gasteiger partial charge in [0.15, 0.2) is 5.82 Å². The van der Waals surface area contributed by atoms with Crippen LogP contribution in [0.5, 0.6) is 0 Å². The van der Waals surface area contributed by atoms with Gasteiger partial charge >= 0.3 is 0 Å². The Morgan fingerprint density at radius 3 is 3.26 bits per heavy atom. The van der Waals surface area contributed by atoms with Gasteiger partial charge in [0.1, 0.15) is 0 Å². The fourth-order valence-electron chi connectivity index (χ4n) is 2.52. The summed E-state index contributed by atoms with van der Waals surface area (Å²) >= 11 is 1.84. The molecule has 1 aliphatic carbocycles. The van der Waals surface area contributed by atoms with Gasteiger partial charge in [-0.1, -0.05) is 19.0 Å². The van der Waals surface area contributed by atoms with E-state index in [0.717, 1.165) is 18.1 Å². The zero-order valence-corrected chi connectivity index (χ0v) is 12.2. The third kappa shape index (κ3) is 2.72. The summed E-state index contributed by atoms with van der Waals surface area (Å²) in [6.07, 6.45) is 3.52. The highest BCUT2D eigenvalue weighted by Crippen LogP contribution is 2.38. The van der Waals surface area contributed by atoms with E-state index >= 15 is 0 Å². The number of thiophene rings is 1. The van der Waals surface area contributed by atoms with Crippen molar-refractivity contribution in [3.05, 3.63) is 33.6 Å². The summed E-state index contributed by atoms with van der Waals surface area (Å²) in [5, 5.41) is 9.55. The van der Waals surface area contributed by atoms with Crippen molar-refractivity contribution in [2.24, 2.45) is 0 Å². The zero-order valence-electron chi connectivity index (χ0n) is 11.3. The molecule has 19 heavy (non-hydrogen) atoms. The second-order valence-corrected chi connectivity index (χ2v) is 6.33. The van der Waals surface area contributed by atoms with Crippen molar-refractivity contribution < 1.29 is 4.52 Å². The molecule has 102 valence electrons. The Hall–Kier alpha value is -1.20. The van der Waals surface area contributed by atoms with E-state index in [2.05, 4.69) is 40.8 Å². The lowest BCUT2D eigenvalue weighted by Gasteiger charge is -2.18. The molecule has 2 heterocycles. The first-order valence-corrected chi connectivity index (χ1v) is 7.74. The van der Waals surface area contributed by atoms with Crippen LogP contribution >= 0.6 is 11.3 Å². The van der Waals surface area contributed by atoms with Crippen molar-refractivity contribution in [1.82, 2.24) is 15.5 Å². The van der Waals surface area contributed by atoms with Gasteiger partial charge in [0.25, 0.3) is 0 Å². The molecule has 0 amide bonds. The molecule has 0 aliphatic heterocycles. The van der Waals surface area contributed by atoms with Gasteiger partial charge in [-0.05, 0) is 36.3 Å². The van der Waals surface area contributed by atoms with Crippen LogP contribution in [-0.4, -0.2) is 16.2 Å². The number of nitrogens with zero attached hydrogens (tertiary/aromatic N) is 2. The highest BCUT2D eigenvalue weighted by Gasteiger charge is 2.27. The Morgan fingerprint density at radius 1 is 1.53 bits per heavy atom. The molecule has 5 heteroatoms. The molecule has 1 aliphatic rings. The highest BCUT2D eigenvalue weighted by atomic mass is 32.1. The van der Waals surface area contributed by atoms with Gasteiger partial charge in [-0.2, -0.15) is 4.98 Å². The summed E-state index contributed by atoms with van der Waals surface area (Å²) in [6, 6.07) is 2.64. The summed E-state index contributed by atoms with van der Waals surface area (Å²) in [5.41, 5.74) is 1.39. The van der Waals surface area contributed by atoms with Crippen molar-refractivity contribution in [2.75, 3.05) is 0 Å². The van der Waals surface area contributed by atoms with E-state index in [1.807, 2.05) is 11.3 Å². The predicted molar refractivity (Wildman–Crippen MR) is 75.4 cm³/mol. The summed E-state index contributed by atoms with van der Waals surface area (Å²) in [4.78, 5) is 6.03. The monoisotopic (exact) mass is 277 g/mol. The van der Waals surface area contributed by atoms with E-state index in [1.54, 1.807) is 0 Å². The molecular formula is C14H19N3OS. The van der Waals surface area contributed by atoms with Crippen molar-refractivity contribution in [3.63, 3.8) is 0 Å². The maximum Gasteiger partial charge on any atom is 0.234 e. The normalized spacial score (nSPS) is 18.8. The molecule has 0 bridgehead atoms. The maximum absolute atomic E-state index is 5.47. The first-order valence-electron chi connectivity index (χ1n) is 6.86. The van der Waals surface area contributed by atoms with E-state index in [9.17, 15) is 0 Å². The highest BCUT2D eigenvalue weighted by molar-refractivity contribution is 7.10. The minimum atomic E-state index is 0.301. The number of aryl methyl sites for hydroxylation is 1.